The summed E-state index contributed by atoms with van der Waals surface area (Å²) < 4.78 is 4.79. The summed E-state index contributed by atoms with van der Waals surface area (Å²) in [6.07, 6.45) is 4.79. The van der Waals surface area contributed by atoms with E-state index in [2.05, 4.69) is 14.7 Å². The third-order valence-corrected chi connectivity index (χ3v) is 5.54. The van der Waals surface area contributed by atoms with Crippen molar-refractivity contribution in [1.82, 2.24) is 14.7 Å². The average molecular weight is 373 g/mol. The lowest BCUT2D eigenvalue weighted by molar-refractivity contribution is -0.132. The second kappa shape index (κ2) is 9.85. The Labute approximate surface area is 162 Å². The highest BCUT2D eigenvalue weighted by atomic mass is 16.5. The van der Waals surface area contributed by atoms with Gasteiger partial charge in [0.15, 0.2) is 0 Å². The smallest absolute Gasteiger partial charge is 0.337 e. The van der Waals surface area contributed by atoms with Crippen molar-refractivity contribution in [1.29, 1.82) is 0 Å². The standard InChI is InChI=1S/C21H31N3O3/c1-27-21(26)19-8-6-7-18(15-19)16-22-11-13-23(14-12-22)17-20(25)24-9-4-2-3-5-10-24/h6-8,15H,2-5,9-14,16-17H2,1H3. The van der Waals surface area contributed by atoms with Crippen molar-refractivity contribution in [2.75, 3.05) is 52.9 Å². The van der Waals surface area contributed by atoms with Crippen LogP contribution < -0.4 is 0 Å². The Kier molecular flexibility index (Phi) is 7.24. The number of methoxy groups -OCH3 is 1. The van der Waals surface area contributed by atoms with Crippen LogP contribution in [0.2, 0.25) is 0 Å². The van der Waals surface area contributed by atoms with E-state index in [-0.39, 0.29) is 11.9 Å². The van der Waals surface area contributed by atoms with Crippen molar-refractivity contribution in [3.8, 4) is 0 Å². The van der Waals surface area contributed by atoms with Gasteiger partial charge >= 0.3 is 5.97 Å². The first-order chi connectivity index (χ1) is 13.2. The first-order valence-corrected chi connectivity index (χ1v) is 10.1. The van der Waals surface area contributed by atoms with Gasteiger partial charge in [-0.2, -0.15) is 0 Å². The maximum Gasteiger partial charge on any atom is 0.337 e. The van der Waals surface area contributed by atoms with Crippen LogP contribution in [0.15, 0.2) is 24.3 Å². The molecule has 3 rings (SSSR count). The summed E-state index contributed by atoms with van der Waals surface area (Å²) in [5.41, 5.74) is 1.71. The Morgan fingerprint density at radius 1 is 0.926 bits per heavy atom. The van der Waals surface area contributed by atoms with E-state index in [1.807, 2.05) is 18.2 Å². The van der Waals surface area contributed by atoms with E-state index in [9.17, 15) is 9.59 Å². The van der Waals surface area contributed by atoms with Gasteiger partial charge in [-0.1, -0.05) is 25.0 Å². The van der Waals surface area contributed by atoms with Crippen LogP contribution in [0.3, 0.4) is 0 Å². The fraction of sp³-hybridized carbons (Fsp3) is 0.619. The Balaban J connectivity index is 1.45. The number of benzene rings is 1. The summed E-state index contributed by atoms with van der Waals surface area (Å²) in [4.78, 5) is 30.9. The number of nitrogens with zero attached hydrogens (tertiary/aromatic N) is 3. The number of hydrogen-bond donors (Lipinski definition) is 0. The van der Waals surface area contributed by atoms with Gasteiger partial charge in [-0.15, -0.1) is 0 Å². The molecule has 2 saturated heterocycles. The van der Waals surface area contributed by atoms with Crippen molar-refractivity contribution < 1.29 is 14.3 Å². The number of carbonyl (C=O) groups is 2. The fourth-order valence-electron chi connectivity index (χ4n) is 3.89. The maximum absolute atomic E-state index is 12.5. The molecule has 27 heavy (non-hydrogen) atoms. The van der Waals surface area contributed by atoms with Gasteiger partial charge in [0.05, 0.1) is 19.2 Å². The van der Waals surface area contributed by atoms with Crippen molar-refractivity contribution >= 4 is 11.9 Å². The third kappa shape index (κ3) is 5.78. The van der Waals surface area contributed by atoms with Gasteiger partial charge in [-0.05, 0) is 30.5 Å². The molecule has 0 aliphatic carbocycles. The number of hydrogen-bond acceptors (Lipinski definition) is 5. The molecule has 148 valence electrons. The number of piperazine rings is 1. The molecule has 1 amide bonds. The predicted octanol–water partition coefficient (Wildman–Crippen LogP) is 1.99. The van der Waals surface area contributed by atoms with Gasteiger partial charge in [-0.3, -0.25) is 14.6 Å². The van der Waals surface area contributed by atoms with E-state index in [0.29, 0.717) is 12.1 Å². The quantitative estimate of drug-likeness (QED) is 0.739. The molecule has 1 aromatic rings. The molecule has 2 fully saturated rings. The second-order valence-electron chi connectivity index (χ2n) is 7.54. The molecule has 0 spiro atoms. The molecular weight excluding hydrogens is 342 g/mol. The van der Waals surface area contributed by atoms with Gasteiger partial charge < -0.3 is 9.64 Å². The summed E-state index contributed by atoms with van der Waals surface area (Å²) in [6.45, 7) is 6.92. The van der Waals surface area contributed by atoms with Crippen LogP contribution >= 0.6 is 0 Å². The van der Waals surface area contributed by atoms with Gasteiger partial charge in [0.25, 0.3) is 0 Å². The van der Waals surface area contributed by atoms with E-state index >= 15 is 0 Å². The van der Waals surface area contributed by atoms with Crippen molar-refractivity contribution in [2.45, 2.75) is 32.2 Å². The Morgan fingerprint density at radius 3 is 2.26 bits per heavy atom. The van der Waals surface area contributed by atoms with Gasteiger partial charge in [-0.25, -0.2) is 4.79 Å². The van der Waals surface area contributed by atoms with Crippen molar-refractivity contribution in [2.24, 2.45) is 0 Å². The van der Waals surface area contributed by atoms with E-state index in [1.54, 1.807) is 6.07 Å². The van der Waals surface area contributed by atoms with E-state index in [0.717, 1.165) is 64.2 Å². The lowest BCUT2D eigenvalue weighted by Crippen LogP contribution is -2.49. The molecule has 6 nitrogen and oxygen atoms in total. The zero-order valence-corrected chi connectivity index (χ0v) is 16.4. The minimum Gasteiger partial charge on any atom is -0.465 e. The molecular formula is C21H31N3O3. The number of likely N-dealkylation sites (tertiary alicyclic amines) is 1. The lowest BCUT2D eigenvalue weighted by Gasteiger charge is -2.35. The molecule has 0 radical (unpaired) electrons. The topological polar surface area (TPSA) is 53.1 Å². The molecule has 0 N–H and O–H groups in total. The molecule has 0 bridgehead atoms. The summed E-state index contributed by atoms with van der Waals surface area (Å²) in [5, 5.41) is 0. The lowest BCUT2D eigenvalue weighted by atomic mass is 10.1. The summed E-state index contributed by atoms with van der Waals surface area (Å²) in [7, 11) is 1.40. The van der Waals surface area contributed by atoms with Crippen LogP contribution in [0, 0.1) is 0 Å². The molecule has 6 heteroatoms. The maximum atomic E-state index is 12.5. The number of amides is 1. The van der Waals surface area contributed by atoms with Gasteiger partial charge in [0, 0.05) is 45.8 Å². The van der Waals surface area contributed by atoms with E-state index in [4.69, 9.17) is 4.74 Å². The van der Waals surface area contributed by atoms with Crippen molar-refractivity contribution in [3.63, 3.8) is 0 Å². The van der Waals surface area contributed by atoms with Gasteiger partial charge in [0.1, 0.15) is 0 Å². The van der Waals surface area contributed by atoms with E-state index < -0.39 is 0 Å². The molecule has 0 aromatic heterocycles. The zero-order valence-electron chi connectivity index (χ0n) is 16.4. The molecule has 0 atom stereocenters. The van der Waals surface area contributed by atoms with Crippen molar-refractivity contribution in [3.05, 3.63) is 35.4 Å². The monoisotopic (exact) mass is 373 g/mol. The molecule has 2 aliphatic rings. The molecule has 2 aliphatic heterocycles. The first kappa shape index (κ1) is 19.8. The Morgan fingerprint density at radius 2 is 1.59 bits per heavy atom. The normalized spacial score (nSPS) is 19.5. The largest absolute Gasteiger partial charge is 0.465 e. The molecule has 1 aromatic carbocycles. The summed E-state index contributed by atoms with van der Waals surface area (Å²) in [6, 6.07) is 7.63. The van der Waals surface area contributed by atoms with E-state index in [1.165, 1.54) is 20.0 Å². The second-order valence-corrected chi connectivity index (χ2v) is 7.54. The number of esters is 1. The molecule has 0 unspecified atom stereocenters. The highest BCUT2D eigenvalue weighted by molar-refractivity contribution is 5.89. The summed E-state index contributed by atoms with van der Waals surface area (Å²) in [5.74, 6) is -0.00942. The fourth-order valence-corrected chi connectivity index (χ4v) is 3.89. The number of carbonyl (C=O) groups excluding carboxylic acids is 2. The summed E-state index contributed by atoms with van der Waals surface area (Å²) >= 11 is 0. The number of rotatable bonds is 5. The van der Waals surface area contributed by atoms with Crippen LogP contribution in [0.5, 0.6) is 0 Å². The number of ether oxygens (including phenoxy) is 1. The average Bonchev–Trinajstić information content (AvgIpc) is 2.99. The molecule has 2 heterocycles. The van der Waals surface area contributed by atoms with Crippen LogP contribution in [0.1, 0.15) is 41.6 Å². The minimum atomic E-state index is -0.298. The first-order valence-electron chi connectivity index (χ1n) is 10.1. The van der Waals surface area contributed by atoms with Gasteiger partial charge in [0.2, 0.25) is 5.91 Å². The SMILES string of the molecule is COC(=O)c1cccc(CN2CCN(CC(=O)N3CCCCCC3)CC2)c1. The van der Waals surface area contributed by atoms with Crippen LogP contribution in [-0.2, 0) is 16.1 Å². The predicted molar refractivity (Wildman–Crippen MR) is 105 cm³/mol. The highest BCUT2D eigenvalue weighted by Gasteiger charge is 2.22. The Hall–Kier alpha value is -1.92. The minimum absolute atomic E-state index is 0.288. The zero-order chi connectivity index (χ0) is 19.1. The van der Waals surface area contributed by atoms with Crippen LogP contribution in [0.4, 0.5) is 0 Å². The highest BCUT2D eigenvalue weighted by Crippen LogP contribution is 2.13. The molecule has 0 saturated carbocycles. The Bertz CT molecular complexity index is 633. The third-order valence-electron chi connectivity index (χ3n) is 5.54. The van der Waals surface area contributed by atoms with Crippen LogP contribution in [0.25, 0.3) is 0 Å². The van der Waals surface area contributed by atoms with Crippen LogP contribution in [-0.4, -0.2) is 79.5 Å².